The fourth-order valence-electron chi connectivity index (χ4n) is 2.19. The standard InChI is InChI=1S/C15H12N4OS/c20-14(12-7-11(9-5-6-9)16-8-17-12)19-15-18-10-3-1-2-4-13(10)21-15/h1-4,7-9H,5-6H2,(H,18,19,20). The fraction of sp³-hybridized carbons (Fsp3) is 0.200. The van der Waals surface area contributed by atoms with Gasteiger partial charge in [-0.1, -0.05) is 23.5 Å². The molecule has 3 aromatic rings. The monoisotopic (exact) mass is 296 g/mol. The van der Waals surface area contributed by atoms with Crippen molar-refractivity contribution in [1.82, 2.24) is 15.0 Å². The van der Waals surface area contributed by atoms with E-state index in [4.69, 9.17) is 0 Å². The summed E-state index contributed by atoms with van der Waals surface area (Å²) in [6.07, 6.45) is 3.76. The average Bonchev–Trinajstić information content (AvgIpc) is 3.28. The van der Waals surface area contributed by atoms with Gasteiger partial charge in [-0.05, 0) is 31.0 Å². The number of carbonyl (C=O) groups is 1. The number of amides is 1. The van der Waals surface area contributed by atoms with Crippen LogP contribution in [0.25, 0.3) is 10.2 Å². The second-order valence-electron chi connectivity index (χ2n) is 5.04. The van der Waals surface area contributed by atoms with E-state index in [0.717, 1.165) is 28.8 Å². The third-order valence-electron chi connectivity index (χ3n) is 3.43. The maximum absolute atomic E-state index is 12.3. The number of nitrogens with one attached hydrogen (secondary N) is 1. The number of anilines is 1. The van der Waals surface area contributed by atoms with Crippen molar-refractivity contribution >= 4 is 32.6 Å². The van der Waals surface area contributed by atoms with Crippen LogP contribution in [0.4, 0.5) is 5.13 Å². The van der Waals surface area contributed by atoms with Crippen molar-refractivity contribution in [2.24, 2.45) is 0 Å². The Morgan fingerprint density at radius 1 is 1.24 bits per heavy atom. The van der Waals surface area contributed by atoms with Crippen molar-refractivity contribution in [2.75, 3.05) is 5.32 Å². The molecule has 0 unspecified atom stereocenters. The first kappa shape index (κ1) is 12.4. The molecule has 104 valence electrons. The molecular weight excluding hydrogens is 284 g/mol. The van der Waals surface area contributed by atoms with Crippen molar-refractivity contribution in [3.63, 3.8) is 0 Å². The molecule has 1 saturated carbocycles. The second-order valence-corrected chi connectivity index (χ2v) is 6.07. The largest absolute Gasteiger partial charge is 0.296 e. The summed E-state index contributed by atoms with van der Waals surface area (Å²) in [4.78, 5) is 24.9. The van der Waals surface area contributed by atoms with Crippen LogP contribution in [0.1, 0.15) is 34.9 Å². The number of nitrogens with zero attached hydrogens (tertiary/aromatic N) is 3. The van der Waals surface area contributed by atoms with E-state index in [0.29, 0.717) is 16.7 Å². The molecular formula is C15H12N4OS. The Morgan fingerprint density at radius 3 is 2.90 bits per heavy atom. The number of fused-ring (bicyclic) bond motifs is 1. The Bertz CT molecular complexity index is 792. The third kappa shape index (κ3) is 2.50. The van der Waals surface area contributed by atoms with Crippen molar-refractivity contribution < 1.29 is 4.79 Å². The Kier molecular flexibility index (Phi) is 2.89. The van der Waals surface area contributed by atoms with Gasteiger partial charge in [-0.2, -0.15) is 0 Å². The fourth-order valence-corrected chi connectivity index (χ4v) is 3.05. The smallest absolute Gasteiger partial charge is 0.276 e. The van der Waals surface area contributed by atoms with Gasteiger partial charge in [0.2, 0.25) is 0 Å². The third-order valence-corrected chi connectivity index (χ3v) is 4.38. The highest BCUT2D eigenvalue weighted by Crippen LogP contribution is 2.38. The van der Waals surface area contributed by atoms with Gasteiger partial charge in [0, 0.05) is 11.6 Å². The van der Waals surface area contributed by atoms with E-state index in [1.165, 1.54) is 17.7 Å². The van der Waals surface area contributed by atoms with Crippen LogP contribution in [0.15, 0.2) is 36.7 Å². The zero-order valence-electron chi connectivity index (χ0n) is 11.1. The molecule has 0 aliphatic heterocycles. The van der Waals surface area contributed by atoms with E-state index in [1.807, 2.05) is 24.3 Å². The molecule has 0 atom stereocenters. The molecule has 1 N–H and O–H groups in total. The summed E-state index contributed by atoms with van der Waals surface area (Å²) >= 11 is 1.46. The van der Waals surface area contributed by atoms with Gasteiger partial charge in [0.05, 0.1) is 10.2 Å². The molecule has 1 aliphatic carbocycles. The molecule has 0 saturated heterocycles. The molecule has 0 bridgehead atoms. The van der Waals surface area contributed by atoms with Gasteiger partial charge >= 0.3 is 0 Å². The quantitative estimate of drug-likeness (QED) is 0.806. The van der Waals surface area contributed by atoms with Crippen molar-refractivity contribution in [1.29, 1.82) is 0 Å². The van der Waals surface area contributed by atoms with Crippen molar-refractivity contribution in [3.8, 4) is 0 Å². The van der Waals surface area contributed by atoms with Gasteiger partial charge in [0.25, 0.3) is 5.91 Å². The minimum absolute atomic E-state index is 0.238. The highest BCUT2D eigenvalue weighted by atomic mass is 32.1. The molecule has 6 heteroatoms. The van der Waals surface area contributed by atoms with Crippen LogP contribution < -0.4 is 5.32 Å². The molecule has 2 aromatic heterocycles. The lowest BCUT2D eigenvalue weighted by Gasteiger charge is -2.02. The van der Waals surface area contributed by atoms with Crippen LogP contribution in [-0.4, -0.2) is 20.9 Å². The summed E-state index contributed by atoms with van der Waals surface area (Å²) in [5.41, 5.74) is 2.24. The number of benzene rings is 1. The summed E-state index contributed by atoms with van der Waals surface area (Å²) in [6, 6.07) is 9.58. The molecule has 0 radical (unpaired) electrons. The average molecular weight is 296 g/mol. The molecule has 1 fully saturated rings. The lowest BCUT2D eigenvalue weighted by Crippen LogP contribution is -2.14. The number of hydrogen-bond donors (Lipinski definition) is 1. The highest BCUT2D eigenvalue weighted by molar-refractivity contribution is 7.22. The maximum atomic E-state index is 12.3. The summed E-state index contributed by atoms with van der Waals surface area (Å²) in [7, 11) is 0. The van der Waals surface area contributed by atoms with Crippen molar-refractivity contribution in [2.45, 2.75) is 18.8 Å². The molecule has 2 heterocycles. The molecule has 0 spiro atoms. The van der Waals surface area contributed by atoms with Gasteiger partial charge in [-0.15, -0.1) is 0 Å². The Balaban J connectivity index is 1.58. The Morgan fingerprint density at radius 2 is 2.10 bits per heavy atom. The Labute approximate surface area is 125 Å². The predicted octanol–water partition coefficient (Wildman–Crippen LogP) is 3.22. The van der Waals surface area contributed by atoms with Crippen LogP contribution in [0.3, 0.4) is 0 Å². The zero-order chi connectivity index (χ0) is 14.2. The van der Waals surface area contributed by atoms with Crippen LogP contribution in [0.5, 0.6) is 0 Å². The first-order valence-electron chi connectivity index (χ1n) is 6.78. The predicted molar refractivity (Wildman–Crippen MR) is 81.6 cm³/mol. The normalized spacial score (nSPS) is 14.3. The molecule has 5 nitrogen and oxygen atoms in total. The SMILES string of the molecule is O=C(Nc1nc2ccccc2s1)c1cc(C2CC2)ncn1. The first-order valence-corrected chi connectivity index (χ1v) is 7.60. The van der Waals surface area contributed by atoms with Crippen LogP contribution >= 0.6 is 11.3 Å². The number of para-hydroxylation sites is 1. The van der Waals surface area contributed by atoms with Crippen LogP contribution in [-0.2, 0) is 0 Å². The Hall–Kier alpha value is -2.34. The topological polar surface area (TPSA) is 67.8 Å². The van der Waals surface area contributed by atoms with E-state index in [-0.39, 0.29) is 5.91 Å². The summed E-state index contributed by atoms with van der Waals surface area (Å²) in [5, 5.41) is 3.40. The highest BCUT2D eigenvalue weighted by Gasteiger charge is 2.26. The minimum Gasteiger partial charge on any atom is -0.296 e. The van der Waals surface area contributed by atoms with Gasteiger partial charge in [-0.25, -0.2) is 15.0 Å². The molecule has 1 aliphatic rings. The number of hydrogen-bond acceptors (Lipinski definition) is 5. The number of rotatable bonds is 3. The first-order chi connectivity index (χ1) is 10.3. The zero-order valence-corrected chi connectivity index (χ0v) is 11.9. The van der Waals surface area contributed by atoms with Crippen LogP contribution in [0, 0.1) is 0 Å². The summed E-state index contributed by atoms with van der Waals surface area (Å²) in [6.45, 7) is 0. The van der Waals surface area contributed by atoms with Gasteiger partial charge in [0.1, 0.15) is 12.0 Å². The maximum Gasteiger partial charge on any atom is 0.276 e. The van der Waals surface area contributed by atoms with E-state index in [2.05, 4.69) is 20.3 Å². The van der Waals surface area contributed by atoms with Crippen molar-refractivity contribution in [3.05, 3.63) is 48.0 Å². The van der Waals surface area contributed by atoms with Gasteiger partial charge < -0.3 is 0 Å². The van der Waals surface area contributed by atoms with Gasteiger partial charge in [0.15, 0.2) is 5.13 Å². The number of aromatic nitrogens is 3. The van der Waals surface area contributed by atoms with E-state index in [1.54, 1.807) is 6.07 Å². The number of carbonyl (C=O) groups excluding carboxylic acids is 1. The molecule has 1 amide bonds. The minimum atomic E-state index is -0.238. The van der Waals surface area contributed by atoms with E-state index in [9.17, 15) is 4.79 Å². The number of thiazole rings is 1. The summed E-state index contributed by atoms with van der Waals surface area (Å²) < 4.78 is 1.05. The van der Waals surface area contributed by atoms with E-state index >= 15 is 0 Å². The molecule has 4 rings (SSSR count). The lowest BCUT2D eigenvalue weighted by atomic mass is 10.2. The summed E-state index contributed by atoms with van der Waals surface area (Å²) in [5.74, 6) is 0.264. The molecule has 1 aromatic carbocycles. The van der Waals surface area contributed by atoms with Gasteiger partial charge in [-0.3, -0.25) is 10.1 Å². The van der Waals surface area contributed by atoms with E-state index < -0.39 is 0 Å². The second kappa shape index (κ2) is 4.89. The lowest BCUT2D eigenvalue weighted by molar-refractivity contribution is 0.102. The molecule has 21 heavy (non-hydrogen) atoms. The van der Waals surface area contributed by atoms with Crippen LogP contribution in [0.2, 0.25) is 0 Å².